The molecule has 1 unspecified atom stereocenters. The third-order valence-corrected chi connectivity index (χ3v) is 2.06. The molecule has 2 rings (SSSR count). The summed E-state index contributed by atoms with van der Waals surface area (Å²) in [5.74, 6) is -0.343. The highest BCUT2D eigenvalue weighted by Crippen LogP contribution is 2.24. The zero-order valence-corrected chi connectivity index (χ0v) is 7.46. The zero-order chi connectivity index (χ0) is 9.26. The Labute approximate surface area is 80.0 Å². The molecule has 13 heavy (non-hydrogen) atoms. The summed E-state index contributed by atoms with van der Waals surface area (Å²) in [5.41, 5.74) is 0.749. The second-order valence-electron chi connectivity index (χ2n) is 2.81. The van der Waals surface area contributed by atoms with Crippen LogP contribution >= 0.6 is 11.6 Å². The van der Waals surface area contributed by atoms with Gasteiger partial charge in [0.05, 0.1) is 0 Å². The maximum absolute atomic E-state index is 12.9. The van der Waals surface area contributed by atoms with Gasteiger partial charge in [-0.2, -0.15) is 0 Å². The van der Waals surface area contributed by atoms with Crippen molar-refractivity contribution in [2.24, 2.45) is 4.99 Å². The van der Waals surface area contributed by atoms with Gasteiger partial charge in [0.1, 0.15) is 18.5 Å². The molecular formula is C9H7ClFNO. The topological polar surface area (TPSA) is 21.6 Å². The molecule has 1 aromatic rings. The predicted octanol–water partition coefficient (Wildman–Crippen LogP) is 2.58. The van der Waals surface area contributed by atoms with Gasteiger partial charge >= 0.3 is 0 Å². The summed E-state index contributed by atoms with van der Waals surface area (Å²) in [4.78, 5) is 4.02. The summed E-state index contributed by atoms with van der Waals surface area (Å²) in [6.07, 6.45) is 1.38. The van der Waals surface area contributed by atoms with E-state index < -0.39 is 0 Å². The van der Waals surface area contributed by atoms with Gasteiger partial charge in [0.15, 0.2) is 6.40 Å². The van der Waals surface area contributed by atoms with Crippen molar-refractivity contribution in [3.05, 3.63) is 34.6 Å². The fraction of sp³-hybridized carbons (Fsp3) is 0.222. The highest BCUT2D eigenvalue weighted by atomic mass is 35.5. The van der Waals surface area contributed by atoms with E-state index >= 15 is 0 Å². The second kappa shape index (κ2) is 3.34. The molecule has 0 aliphatic carbocycles. The van der Waals surface area contributed by atoms with Crippen LogP contribution in [-0.2, 0) is 4.74 Å². The van der Waals surface area contributed by atoms with Crippen LogP contribution in [0.1, 0.15) is 11.6 Å². The maximum atomic E-state index is 12.9. The van der Waals surface area contributed by atoms with Gasteiger partial charge in [-0.1, -0.05) is 11.6 Å². The predicted molar refractivity (Wildman–Crippen MR) is 48.6 cm³/mol. The molecule has 0 aromatic heterocycles. The smallest absolute Gasteiger partial charge is 0.170 e. The molecule has 1 aromatic carbocycles. The monoisotopic (exact) mass is 199 g/mol. The van der Waals surface area contributed by atoms with E-state index in [1.54, 1.807) is 6.07 Å². The Morgan fingerprint density at radius 1 is 1.46 bits per heavy atom. The number of hydrogen-bond acceptors (Lipinski definition) is 2. The van der Waals surface area contributed by atoms with Gasteiger partial charge in [-0.05, 0) is 23.8 Å². The first kappa shape index (κ1) is 8.51. The van der Waals surface area contributed by atoms with Gasteiger partial charge in [0, 0.05) is 5.02 Å². The molecule has 0 N–H and O–H groups in total. The zero-order valence-electron chi connectivity index (χ0n) is 6.71. The Bertz CT molecular complexity index is 333. The highest BCUT2D eigenvalue weighted by molar-refractivity contribution is 6.30. The van der Waals surface area contributed by atoms with Crippen LogP contribution in [0.3, 0.4) is 0 Å². The van der Waals surface area contributed by atoms with E-state index in [2.05, 4.69) is 4.99 Å². The molecule has 0 radical (unpaired) electrons. The van der Waals surface area contributed by atoms with Gasteiger partial charge in [0.2, 0.25) is 0 Å². The fourth-order valence-electron chi connectivity index (χ4n) is 1.24. The largest absolute Gasteiger partial charge is 0.481 e. The minimum atomic E-state index is -0.343. The van der Waals surface area contributed by atoms with E-state index in [4.69, 9.17) is 16.3 Å². The van der Waals surface area contributed by atoms with Crippen molar-refractivity contribution < 1.29 is 9.13 Å². The lowest BCUT2D eigenvalue weighted by Crippen LogP contribution is -1.97. The van der Waals surface area contributed by atoms with E-state index in [1.807, 2.05) is 0 Å². The third kappa shape index (κ3) is 1.80. The molecule has 68 valence electrons. The Kier molecular flexibility index (Phi) is 2.19. The lowest BCUT2D eigenvalue weighted by molar-refractivity contribution is 0.330. The average Bonchev–Trinajstić information content (AvgIpc) is 2.53. The normalized spacial score (nSPS) is 20.3. The molecule has 1 atom stereocenters. The molecule has 0 saturated heterocycles. The molecule has 2 nitrogen and oxygen atoms in total. The summed E-state index contributed by atoms with van der Waals surface area (Å²) in [6, 6.07) is 4.27. The first-order valence-corrected chi connectivity index (χ1v) is 4.23. The molecule has 1 aliphatic heterocycles. The number of rotatable bonds is 1. The van der Waals surface area contributed by atoms with Crippen LogP contribution in [0.5, 0.6) is 0 Å². The van der Waals surface area contributed by atoms with Crippen molar-refractivity contribution in [2.75, 3.05) is 6.61 Å². The van der Waals surface area contributed by atoms with E-state index in [-0.39, 0.29) is 11.9 Å². The van der Waals surface area contributed by atoms with Crippen LogP contribution < -0.4 is 0 Å². The molecule has 0 bridgehead atoms. The number of halogens is 2. The Morgan fingerprint density at radius 3 is 2.92 bits per heavy atom. The summed E-state index contributed by atoms with van der Waals surface area (Å²) >= 11 is 5.70. The van der Waals surface area contributed by atoms with Crippen LogP contribution in [0, 0.1) is 5.82 Å². The van der Waals surface area contributed by atoms with Crippen LogP contribution in [0.15, 0.2) is 23.2 Å². The number of aliphatic imine (C=N–C) groups is 1. The van der Waals surface area contributed by atoms with E-state index in [0.29, 0.717) is 11.6 Å². The molecule has 1 heterocycles. The van der Waals surface area contributed by atoms with Crippen molar-refractivity contribution in [3.8, 4) is 0 Å². The van der Waals surface area contributed by atoms with Crippen molar-refractivity contribution in [3.63, 3.8) is 0 Å². The second-order valence-corrected chi connectivity index (χ2v) is 3.24. The van der Waals surface area contributed by atoms with Gasteiger partial charge in [0.25, 0.3) is 0 Å². The number of benzene rings is 1. The van der Waals surface area contributed by atoms with E-state index in [0.717, 1.165) is 5.56 Å². The first-order chi connectivity index (χ1) is 6.25. The summed E-state index contributed by atoms with van der Waals surface area (Å²) in [5, 5.41) is 0.386. The first-order valence-electron chi connectivity index (χ1n) is 3.85. The SMILES string of the molecule is Fc1cc(Cl)cc(C2COC=N2)c1. The Morgan fingerprint density at radius 2 is 2.31 bits per heavy atom. The molecule has 4 heteroatoms. The fourth-order valence-corrected chi connectivity index (χ4v) is 1.47. The highest BCUT2D eigenvalue weighted by Gasteiger charge is 2.15. The molecular weight excluding hydrogens is 193 g/mol. The van der Waals surface area contributed by atoms with Crippen molar-refractivity contribution in [1.29, 1.82) is 0 Å². The van der Waals surface area contributed by atoms with Crippen LogP contribution in [0.25, 0.3) is 0 Å². The lowest BCUT2D eigenvalue weighted by Gasteiger charge is -2.05. The van der Waals surface area contributed by atoms with Crippen LogP contribution in [-0.4, -0.2) is 13.0 Å². The summed E-state index contributed by atoms with van der Waals surface area (Å²) in [7, 11) is 0. The van der Waals surface area contributed by atoms with Crippen LogP contribution in [0.2, 0.25) is 5.02 Å². The van der Waals surface area contributed by atoms with Crippen molar-refractivity contribution in [2.45, 2.75) is 6.04 Å². The molecule has 0 fully saturated rings. The van der Waals surface area contributed by atoms with Gasteiger partial charge < -0.3 is 4.74 Å². The minimum absolute atomic E-state index is 0.117. The maximum Gasteiger partial charge on any atom is 0.170 e. The molecule has 1 aliphatic rings. The van der Waals surface area contributed by atoms with Gasteiger partial charge in [-0.25, -0.2) is 9.38 Å². The third-order valence-electron chi connectivity index (χ3n) is 1.84. The number of ether oxygens (including phenoxy) is 1. The molecule has 0 amide bonds. The van der Waals surface area contributed by atoms with Crippen molar-refractivity contribution >= 4 is 18.0 Å². The summed E-state index contributed by atoms with van der Waals surface area (Å²) < 4.78 is 17.8. The Balaban J connectivity index is 2.34. The summed E-state index contributed by atoms with van der Waals surface area (Å²) in [6.45, 7) is 0.458. The molecule has 0 spiro atoms. The lowest BCUT2D eigenvalue weighted by atomic mass is 10.1. The quantitative estimate of drug-likeness (QED) is 0.681. The number of nitrogens with zero attached hydrogens (tertiary/aromatic N) is 1. The van der Waals surface area contributed by atoms with Crippen molar-refractivity contribution in [1.82, 2.24) is 0 Å². The van der Waals surface area contributed by atoms with Gasteiger partial charge in [-0.15, -0.1) is 0 Å². The van der Waals surface area contributed by atoms with E-state index in [1.165, 1.54) is 18.5 Å². The number of hydrogen-bond donors (Lipinski definition) is 0. The standard InChI is InChI=1S/C9H7ClFNO/c10-7-1-6(2-8(11)3-7)9-4-13-5-12-9/h1-3,5,9H,4H2. The Hall–Kier alpha value is -1.09. The van der Waals surface area contributed by atoms with E-state index in [9.17, 15) is 4.39 Å². The molecule has 0 saturated carbocycles. The van der Waals surface area contributed by atoms with Gasteiger partial charge in [-0.3, -0.25) is 0 Å². The minimum Gasteiger partial charge on any atom is -0.481 e. The van der Waals surface area contributed by atoms with Crippen LogP contribution in [0.4, 0.5) is 4.39 Å². The average molecular weight is 200 g/mol.